The number of hydrogen-bond acceptors (Lipinski definition) is 7. The Morgan fingerprint density at radius 2 is 2.07 bits per heavy atom. The number of nitrogens with one attached hydrogen (secondary N) is 1. The average Bonchev–Trinajstić information content (AvgIpc) is 3.15. The first-order chi connectivity index (χ1) is 13.1. The fraction of sp³-hybridized carbons (Fsp3) is 0.789. The normalized spacial score (nSPS) is 34.6. The third kappa shape index (κ3) is 3.82. The highest BCUT2D eigenvalue weighted by molar-refractivity contribution is 8.03. The van der Waals surface area contributed by atoms with Crippen LogP contribution in [0.3, 0.4) is 0 Å². The molecule has 3 aliphatic heterocycles. The molecule has 0 aliphatic carbocycles. The summed E-state index contributed by atoms with van der Waals surface area (Å²) in [6.07, 6.45) is 0.200. The lowest BCUT2D eigenvalue weighted by Crippen LogP contribution is -2.63. The number of hydrogen-bond donors (Lipinski definition) is 4. The van der Waals surface area contributed by atoms with Crippen LogP contribution in [0, 0.1) is 11.8 Å². The predicted molar refractivity (Wildman–Crippen MR) is 107 cm³/mol. The number of carboxylic acids is 1. The van der Waals surface area contributed by atoms with E-state index in [0.717, 1.165) is 13.0 Å². The molecule has 0 aromatic carbocycles. The molecule has 2 saturated heterocycles. The van der Waals surface area contributed by atoms with Crippen molar-refractivity contribution in [3.63, 3.8) is 0 Å². The Balaban J connectivity index is 1.68. The largest absolute Gasteiger partial charge is 0.477 e. The predicted octanol–water partition coefficient (Wildman–Crippen LogP) is -0.0836. The molecule has 9 heteroatoms. The number of rotatable bonds is 8. The van der Waals surface area contributed by atoms with Crippen molar-refractivity contribution < 1.29 is 24.9 Å². The van der Waals surface area contributed by atoms with Gasteiger partial charge >= 0.3 is 5.97 Å². The summed E-state index contributed by atoms with van der Waals surface area (Å²) < 4.78 is 0. The van der Waals surface area contributed by atoms with Gasteiger partial charge in [-0.3, -0.25) is 4.79 Å². The van der Waals surface area contributed by atoms with Crippen LogP contribution in [0.2, 0.25) is 0 Å². The van der Waals surface area contributed by atoms with Crippen molar-refractivity contribution in [2.75, 3.05) is 27.2 Å². The number of carboxylic acid groups (broad SMARTS) is 1. The minimum atomic E-state index is -1.09. The minimum absolute atomic E-state index is 0.00749. The van der Waals surface area contributed by atoms with Gasteiger partial charge in [-0.1, -0.05) is 6.92 Å². The maximum absolute atomic E-state index is 12.4. The Bertz CT molecular complexity index is 668. The first kappa shape index (κ1) is 21.6. The van der Waals surface area contributed by atoms with Crippen LogP contribution in [0.1, 0.15) is 26.7 Å². The van der Waals surface area contributed by atoms with Crippen LogP contribution >= 0.6 is 11.8 Å². The van der Waals surface area contributed by atoms with E-state index in [1.54, 1.807) is 6.92 Å². The first-order valence-electron chi connectivity index (χ1n) is 9.84. The number of carbonyl (C=O) groups excluding carboxylic acids is 1. The van der Waals surface area contributed by atoms with Crippen LogP contribution in [-0.2, 0) is 9.59 Å². The molecule has 2 fully saturated rings. The lowest BCUT2D eigenvalue weighted by Gasteiger charge is -2.46. The number of aliphatic hydroxyl groups excluding tert-OH is 2. The molecule has 0 radical (unpaired) electrons. The lowest BCUT2D eigenvalue weighted by molar-refractivity contribution is -0.163. The molecule has 0 aromatic rings. The van der Waals surface area contributed by atoms with Gasteiger partial charge in [0.15, 0.2) is 0 Å². The van der Waals surface area contributed by atoms with E-state index in [1.165, 1.54) is 16.7 Å². The molecule has 8 nitrogen and oxygen atoms in total. The van der Waals surface area contributed by atoms with Crippen molar-refractivity contribution >= 4 is 23.6 Å². The van der Waals surface area contributed by atoms with Crippen LogP contribution in [0.15, 0.2) is 10.6 Å². The standard InChI is InChI=1S/C19H31N3O5S/c1-9-15-14(10(2)23)18(25)22(15)16(19(26)27)17(9)28-11-7-12(20-8-11)13(24)5-6-21(3)4/h9-15,20,23-24H,5-8H2,1-4H3,(H,26,27)/t9-,10-,11+,12-,13-,14-,15-/m1/s1. The molecule has 0 aromatic heterocycles. The molecular formula is C19H31N3O5S. The van der Waals surface area contributed by atoms with Crippen molar-refractivity contribution in [3.8, 4) is 0 Å². The number of carbonyl (C=O) groups is 2. The fourth-order valence-corrected chi connectivity index (χ4v) is 6.06. The molecule has 3 aliphatic rings. The van der Waals surface area contributed by atoms with Gasteiger partial charge in [0.1, 0.15) is 5.70 Å². The highest BCUT2D eigenvalue weighted by Gasteiger charge is 2.60. The number of amides is 1. The Morgan fingerprint density at radius 3 is 2.64 bits per heavy atom. The molecule has 4 N–H and O–H groups in total. The van der Waals surface area contributed by atoms with E-state index in [-0.39, 0.29) is 34.9 Å². The monoisotopic (exact) mass is 413 g/mol. The number of fused-ring (bicyclic) bond motifs is 1. The Labute approximate surface area is 169 Å². The number of aliphatic carboxylic acids is 1. The Hall–Kier alpha value is -1.13. The van der Waals surface area contributed by atoms with Crippen LogP contribution in [0.25, 0.3) is 0 Å². The van der Waals surface area contributed by atoms with E-state index in [0.29, 0.717) is 17.9 Å². The van der Waals surface area contributed by atoms with Crippen molar-refractivity contribution in [2.45, 2.75) is 56.2 Å². The zero-order chi connectivity index (χ0) is 20.7. The molecule has 158 valence electrons. The van der Waals surface area contributed by atoms with Crippen LogP contribution < -0.4 is 5.32 Å². The van der Waals surface area contributed by atoms with E-state index >= 15 is 0 Å². The Kier molecular flexibility index (Phi) is 6.41. The summed E-state index contributed by atoms with van der Waals surface area (Å²) in [4.78, 5) is 28.4. The number of thioether (sulfide) groups is 1. The molecule has 3 rings (SSSR count). The summed E-state index contributed by atoms with van der Waals surface area (Å²) in [5.74, 6) is -2.06. The third-order valence-electron chi connectivity index (χ3n) is 6.07. The second kappa shape index (κ2) is 8.31. The van der Waals surface area contributed by atoms with Gasteiger partial charge in [-0.05, 0) is 33.9 Å². The molecule has 3 heterocycles. The van der Waals surface area contributed by atoms with Gasteiger partial charge < -0.3 is 30.4 Å². The second-order valence-corrected chi connectivity index (χ2v) is 9.76. The molecule has 1 amide bonds. The van der Waals surface area contributed by atoms with Crippen molar-refractivity contribution in [2.24, 2.45) is 11.8 Å². The molecule has 28 heavy (non-hydrogen) atoms. The molecule has 0 saturated carbocycles. The second-order valence-electron chi connectivity index (χ2n) is 8.42. The summed E-state index contributed by atoms with van der Waals surface area (Å²) in [5, 5.41) is 33.5. The van der Waals surface area contributed by atoms with Crippen molar-refractivity contribution in [3.05, 3.63) is 10.6 Å². The van der Waals surface area contributed by atoms with E-state index in [2.05, 4.69) is 5.32 Å². The van der Waals surface area contributed by atoms with Crippen molar-refractivity contribution in [1.82, 2.24) is 15.1 Å². The number of nitrogens with zero attached hydrogens (tertiary/aromatic N) is 2. The Morgan fingerprint density at radius 1 is 1.39 bits per heavy atom. The van der Waals surface area contributed by atoms with Gasteiger partial charge in [0, 0.05) is 35.2 Å². The van der Waals surface area contributed by atoms with Crippen LogP contribution in [0.5, 0.6) is 0 Å². The molecule has 0 bridgehead atoms. The molecule has 7 atom stereocenters. The smallest absolute Gasteiger partial charge is 0.353 e. The van der Waals surface area contributed by atoms with Gasteiger partial charge in [0.25, 0.3) is 0 Å². The highest BCUT2D eigenvalue weighted by Crippen LogP contribution is 2.51. The minimum Gasteiger partial charge on any atom is -0.477 e. The fourth-order valence-electron chi connectivity index (χ4n) is 4.57. The summed E-state index contributed by atoms with van der Waals surface area (Å²) in [7, 11) is 3.94. The molecule has 0 spiro atoms. The maximum Gasteiger partial charge on any atom is 0.353 e. The highest BCUT2D eigenvalue weighted by atomic mass is 32.2. The van der Waals surface area contributed by atoms with Gasteiger partial charge in [-0.15, -0.1) is 11.8 Å². The van der Waals surface area contributed by atoms with Crippen LogP contribution in [-0.4, -0.2) is 93.7 Å². The van der Waals surface area contributed by atoms with Gasteiger partial charge in [0.05, 0.1) is 24.2 Å². The van der Waals surface area contributed by atoms with Crippen LogP contribution in [0.4, 0.5) is 0 Å². The average molecular weight is 414 g/mol. The van der Waals surface area contributed by atoms with Gasteiger partial charge in [0.2, 0.25) is 5.91 Å². The zero-order valence-electron chi connectivity index (χ0n) is 16.8. The lowest BCUT2D eigenvalue weighted by atomic mass is 9.79. The van der Waals surface area contributed by atoms with Gasteiger partial charge in [-0.2, -0.15) is 0 Å². The molecular weight excluding hydrogens is 382 g/mol. The SMILES string of the molecule is C[C@@H](O)[C@H]1C(=O)N2C(C(=O)O)=C(S[C@@H]3CN[C@@H]([C@H](O)CCN(C)C)C3)[C@H](C)[C@H]12. The zero-order valence-corrected chi connectivity index (χ0v) is 17.6. The summed E-state index contributed by atoms with van der Waals surface area (Å²) in [6, 6.07) is -0.288. The first-order valence-corrected chi connectivity index (χ1v) is 10.7. The van der Waals surface area contributed by atoms with E-state index < -0.39 is 24.1 Å². The van der Waals surface area contributed by atoms with E-state index in [4.69, 9.17) is 0 Å². The van der Waals surface area contributed by atoms with E-state index in [1.807, 2.05) is 25.9 Å². The van der Waals surface area contributed by atoms with Gasteiger partial charge in [-0.25, -0.2) is 4.79 Å². The molecule has 0 unspecified atom stereocenters. The van der Waals surface area contributed by atoms with Crippen molar-refractivity contribution in [1.29, 1.82) is 0 Å². The summed E-state index contributed by atoms with van der Waals surface area (Å²) in [5.41, 5.74) is 0.0704. The quantitative estimate of drug-likeness (QED) is 0.409. The number of β-lactam (4-membered cyclic amide) rings is 1. The number of aliphatic hydroxyl groups is 2. The van der Waals surface area contributed by atoms with E-state index in [9.17, 15) is 24.9 Å². The third-order valence-corrected chi connectivity index (χ3v) is 7.58. The summed E-state index contributed by atoms with van der Waals surface area (Å²) in [6.45, 7) is 5.01. The maximum atomic E-state index is 12.4. The summed E-state index contributed by atoms with van der Waals surface area (Å²) >= 11 is 1.51. The topological polar surface area (TPSA) is 113 Å².